The summed E-state index contributed by atoms with van der Waals surface area (Å²) >= 11 is 0. The number of carbonyl (C=O) groups excluding carboxylic acids is 5. The summed E-state index contributed by atoms with van der Waals surface area (Å²) in [6.45, 7) is 9.18. The van der Waals surface area contributed by atoms with Gasteiger partial charge in [0, 0.05) is 32.4 Å². The fraction of sp³-hybridized carbons (Fsp3) is 0.600. The molecule has 0 radical (unpaired) electrons. The summed E-state index contributed by atoms with van der Waals surface area (Å²) in [4.78, 5) is 82.1. The summed E-state index contributed by atoms with van der Waals surface area (Å²) in [7, 11) is 0. The van der Waals surface area contributed by atoms with E-state index in [9.17, 15) is 33.9 Å². The van der Waals surface area contributed by atoms with Gasteiger partial charge in [0.2, 0.25) is 23.6 Å². The highest BCUT2D eigenvalue weighted by Gasteiger charge is 2.61. The molecular formula is C35H47N5O8. The first kappa shape index (κ1) is 34.9. The van der Waals surface area contributed by atoms with Gasteiger partial charge in [0.1, 0.15) is 29.8 Å². The number of carboxylic acids is 1. The highest BCUT2D eigenvalue weighted by atomic mass is 16.6. The van der Waals surface area contributed by atoms with Crippen LogP contribution < -0.4 is 16.0 Å². The second-order valence-corrected chi connectivity index (χ2v) is 14.0. The molecule has 5 rings (SSSR count). The Balaban J connectivity index is 1.35. The molecule has 48 heavy (non-hydrogen) atoms. The van der Waals surface area contributed by atoms with Crippen LogP contribution >= 0.6 is 0 Å². The fourth-order valence-electron chi connectivity index (χ4n) is 7.39. The number of benzene rings is 1. The lowest BCUT2D eigenvalue weighted by Crippen LogP contribution is -2.60. The van der Waals surface area contributed by atoms with E-state index in [0.717, 1.165) is 43.2 Å². The van der Waals surface area contributed by atoms with Crippen molar-refractivity contribution in [2.45, 2.75) is 109 Å². The minimum Gasteiger partial charge on any atom is -0.479 e. The van der Waals surface area contributed by atoms with Gasteiger partial charge < -0.3 is 30.7 Å². The van der Waals surface area contributed by atoms with Gasteiger partial charge in [-0.2, -0.15) is 0 Å². The second-order valence-electron chi connectivity index (χ2n) is 14.0. The van der Waals surface area contributed by atoms with Crippen molar-refractivity contribution >= 4 is 35.7 Å². The van der Waals surface area contributed by atoms with Crippen molar-refractivity contribution in [2.75, 3.05) is 6.54 Å². The first-order valence-corrected chi connectivity index (χ1v) is 16.9. The third kappa shape index (κ3) is 7.34. The van der Waals surface area contributed by atoms with Gasteiger partial charge >= 0.3 is 12.1 Å². The molecule has 1 aromatic carbocycles. The maximum atomic E-state index is 14.3. The quantitative estimate of drug-likeness (QED) is 0.261. The van der Waals surface area contributed by atoms with Crippen LogP contribution in [0.2, 0.25) is 0 Å². The number of nitrogens with zero attached hydrogens (tertiary/aromatic N) is 2. The first-order chi connectivity index (χ1) is 22.8. The van der Waals surface area contributed by atoms with Gasteiger partial charge in [-0.15, -0.1) is 6.58 Å². The summed E-state index contributed by atoms with van der Waals surface area (Å²) in [5.74, 6) is -4.21. The molecule has 13 heteroatoms. The van der Waals surface area contributed by atoms with Crippen molar-refractivity contribution in [1.82, 2.24) is 25.8 Å². The molecule has 0 spiro atoms. The van der Waals surface area contributed by atoms with E-state index in [-0.39, 0.29) is 31.2 Å². The molecule has 1 aromatic rings. The Hall–Kier alpha value is -4.42. The van der Waals surface area contributed by atoms with E-state index in [4.69, 9.17) is 4.74 Å². The largest absolute Gasteiger partial charge is 0.479 e. The number of nitrogens with one attached hydrogen (secondary N) is 3. The number of fused-ring (bicyclic) bond motifs is 1. The molecule has 3 fully saturated rings. The van der Waals surface area contributed by atoms with E-state index in [1.165, 1.54) is 17.9 Å². The maximum Gasteiger partial charge on any atom is 0.410 e. The van der Waals surface area contributed by atoms with E-state index in [0.29, 0.717) is 13.1 Å². The molecule has 2 heterocycles. The molecule has 2 saturated carbocycles. The lowest BCUT2D eigenvalue weighted by Gasteiger charge is -2.34. The smallest absolute Gasteiger partial charge is 0.410 e. The van der Waals surface area contributed by atoms with Gasteiger partial charge in [-0.3, -0.25) is 24.1 Å². The van der Waals surface area contributed by atoms with Crippen molar-refractivity contribution in [3.05, 3.63) is 48.0 Å². The van der Waals surface area contributed by atoms with E-state index in [1.807, 2.05) is 24.3 Å². The molecule has 2 aliphatic carbocycles. The third-order valence-electron chi connectivity index (χ3n) is 10.2. The van der Waals surface area contributed by atoms with Gasteiger partial charge in [0.25, 0.3) is 0 Å². The Labute approximate surface area is 280 Å². The molecule has 1 saturated heterocycles. The maximum absolute atomic E-state index is 14.3. The van der Waals surface area contributed by atoms with Crippen LogP contribution in [-0.2, 0) is 41.8 Å². The van der Waals surface area contributed by atoms with Crippen LogP contribution in [0, 0.1) is 17.8 Å². The minimum atomic E-state index is -1.53. The van der Waals surface area contributed by atoms with E-state index >= 15 is 0 Å². The van der Waals surface area contributed by atoms with Crippen molar-refractivity contribution in [1.29, 1.82) is 0 Å². The van der Waals surface area contributed by atoms with Crippen LogP contribution in [0.1, 0.15) is 76.8 Å². The average molecular weight is 666 g/mol. The van der Waals surface area contributed by atoms with Crippen LogP contribution in [0.3, 0.4) is 0 Å². The highest BCUT2D eigenvalue weighted by molar-refractivity contribution is 5.97. The van der Waals surface area contributed by atoms with E-state index in [2.05, 4.69) is 22.5 Å². The molecule has 260 valence electrons. The number of aliphatic carboxylic acids is 1. The second kappa shape index (κ2) is 14.4. The standard InChI is InChI=1S/C35H47N5O8/c1-5-25-16-35(25,33(45)46)38-30(42)27-15-26(48-34(47)39-17-23-13-9-10-14-24(23)18-39)19-40(27)32(44)28(20(2)3)37-31(43)29(36-21(4)41)22-11-7-6-8-12-22/h5,9-10,13-14,20,22,25-29H,1,6-8,11-12,15-19H2,2-4H3,(H,36,41)(H,37,43)(H,38,42)(H,45,46)/t25-,26-,27+,28+,29+,35-/m1/s1. The van der Waals surface area contributed by atoms with Gasteiger partial charge in [0.05, 0.1) is 6.54 Å². The summed E-state index contributed by atoms with van der Waals surface area (Å²) in [6.07, 6.45) is 4.66. The zero-order valence-corrected chi connectivity index (χ0v) is 27.9. The zero-order chi connectivity index (χ0) is 34.7. The number of likely N-dealkylation sites (tertiary alicyclic amines) is 1. The SMILES string of the molecule is C=C[C@@H]1C[C@]1(NC(=O)[C@@H]1C[C@@H](OC(=O)N2Cc3ccccc3C2)CN1C(=O)[C@@H](NC(=O)[C@@H](NC(C)=O)C1CCCCC1)C(C)C)C(=O)O. The Bertz CT molecular complexity index is 1430. The monoisotopic (exact) mass is 665 g/mol. The summed E-state index contributed by atoms with van der Waals surface area (Å²) in [5, 5.41) is 18.2. The number of hydrogen-bond acceptors (Lipinski definition) is 7. The van der Waals surface area contributed by atoms with Crippen molar-refractivity contribution in [2.24, 2.45) is 17.8 Å². The Morgan fingerprint density at radius 2 is 1.67 bits per heavy atom. The van der Waals surface area contributed by atoms with Crippen LogP contribution in [0.5, 0.6) is 0 Å². The predicted molar refractivity (Wildman–Crippen MR) is 174 cm³/mol. The molecule has 13 nitrogen and oxygen atoms in total. The summed E-state index contributed by atoms with van der Waals surface area (Å²) in [5.41, 5.74) is 0.494. The topological polar surface area (TPSA) is 174 Å². The van der Waals surface area contributed by atoms with Crippen LogP contribution in [-0.4, -0.2) is 86.9 Å². The molecular weight excluding hydrogens is 618 g/mol. The number of ether oxygens (including phenoxy) is 1. The number of amides is 5. The van der Waals surface area contributed by atoms with Crippen LogP contribution in [0.15, 0.2) is 36.9 Å². The third-order valence-corrected chi connectivity index (χ3v) is 10.2. The van der Waals surface area contributed by atoms with Crippen LogP contribution in [0.4, 0.5) is 4.79 Å². The summed E-state index contributed by atoms with van der Waals surface area (Å²) in [6, 6.07) is 4.65. The zero-order valence-electron chi connectivity index (χ0n) is 27.9. The number of carboxylic acid groups (broad SMARTS) is 1. The Kier molecular flexibility index (Phi) is 10.4. The normalized spacial score (nSPS) is 26.2. The first-order valence-electron chi connectivity index (χ1n) is 16.9. The number of carbonyl (C=O) groups is 6. The molecule has 4 N–H and O–H groups in total. The molecule has 0 bridgehead atoms. The lowest BCUT2D eigenvalue weighted by atomic mass is 9.83. The van der Waals surface area contributed by atoms with E-state index < -0.39 is 71.4 Å². The number of hydrogen-bond donors (Lipinski definition) is 4. The molecule has 5 amide bonds. The van der Waals surface area contributed by atoms with Gasteiger partial charge in [-0.05, 0) is 42.2 Å². The lowest BCUT2D eigenvalue weighted by molar-refractivity contribution is -0.146. The van der Waals surface area contributed by atoms with Crippen molar-refractivity contribution in [3.63, 3.8) is 0 Å². The minimum absolute atomic E-state index is 0.0477. The van der Waals surface area contributed by atoms with Crippen molar-refractivity contribution in [3.8, 4) is 0 Å². The highest BCUT2D eigenvalue weighted by Crippen LogP contribution is 2.45. The molecule has 0 unspecified atom stereocenters. The Morgan fingerprint density at radius 1 is 1.02 bits per heavy atom. The van der Waals surface area contributed by atoms with Gasteiger partial charge in [0.15, 0.2) is 0 Å². The molecule has 6 atom stereocenters. The summed E-state index contributed by atoms with van der Waals surface area (Å²) < 4.78 is 5.85. The fourth-order valence-corrected chi connectivity index (χ4v) is 7.39. The van der Waals surface area contributed by atoms with Crippen LogP contribution in [0.25, 0.3) is 0 Å². The van der Waals surface area contributed by atoms with Crippen molar-refractivity contribution < 1.29 is 38.6 Å². The average Bonchev–Trinajstić information content (AvgIpc) is 3.37. The molecule has 0 aromatic heterocycles. The molecule has 2 aliphatic heterocycles. The van der Waals surface area contributed by atoms with E-state index in [1.54, 1.807) is 18.7 Å². The predicted octanol–water partition coefficient (Wildman–Crippen LogP) is 2.48. The number of rotatable bonds is 11. The van der Waals surface area contributed by atoms with Gasteiger partial charge in [-0.1, -0.05) is 63.5 Å². The van der Waals surface area contributed by atoms with Gasteiger partial charge in [-0.25, -0.2) is 9.59 Å². The Morgan fingerprint density at radius 3 is 2.21 bits per heavy atom. The molecule has 4 aliphatic rings.